The molecule has 2 unspecified atom stereocenters. The van der Waals surface area contributed by atoms with Gasteiger partial charge in [0.1, 0.15) is 0 Å². The molecule has 0 aromatic rings. The molecule has 1 fully saturated rings. The van der Waals surface area contributed by atoms with Crippen molar-refractivity contribution < 1.29 is 0 Å². The SMILES string of the molecule is CCCNC(=NC)NCC1(N(C)C)CCCC(C)C1. The van der Waals surface area contributed by atoms with E-state index in [0.29, 0.717) is 0 Å². The molecule has 0 aliphatic heterocycles. The van der Waals surface area contributed by atoms with E-state index >= 15 is 0 Å². The molecule has 19 heavy (non-hydrogen) atoms. The molecule has 0 heterocycles. The first kappa shape index (κ1) is 16.3. The first-order chi connectivity index (χ1) is 9.04. The van der Waals surface area contributed by atoms with Gasteiger partial charge in [-0.3, -0.25) is 4.99 Å². The normalized spacial score (nSPS) is 28.5. The summed E-state index contributed by atoms with van der Waals surface area (Å²) in [5, 5.41) is 6.86. The van der Waals surface area contributed by atoms with E-state index in [-0.39, 0.29) is 5.54 Å². The maximum absolute atomic E-state index is 4.30. The molecule has 4 nitrogen and oxygen atoms in total. The van der Waals surface area contributed by atoms with Crippen molar-refractivity contribution in [3.05, 3.63) is 0 Å². The lowest BCUT2D eigenvalue weighted by Gasteiger charge is -2.45. The van der Waals surface area contributed by atoms with Gasteiger partial charge in [-0.15, -0.1) is 0 Å². The summed E-state index contributed by atoms with van der Waals surface area (Å²) < 4.78 is 0. The van der Waals surface area contributed by atoms with Crippen LogP contribution < -0.4 is 10.6 Å². The summed E-state index contributed by atoms with van der Waals surface area (Å²) in [5.74, 6) is 1.75. The van der Waals surface area contributed by atoms with Gasteiger partial charge >= 0.3 is 0 Å². The summed E-state index contributed by atoms with van der Waals surface area (Å²) in [6.07, 6.45) is 6.39. The summed E-state index contributed by atoms with van der Waals surface area (Å²) >= 11 is 0. The van der Waals surface area contributed by atoms with Crippen LogP contribution >= 0.6 is 0 Å². The summed E-state index contributed by atoms with van der Waals surface area (Å²) in [6.45, 7) is 6.50. The highest BCUT2D eigenvalue weighted by Gasteiger charge is 2.36. The molecule has 0 aromatic carbocycles. The van der Waals surface area contributed by atoms with Crippen LogP contribution in [-0.2, 0) is 0 Å². The molecule has 0 bridgehead atoms. The molecule has 2 N–H and O–H groups in total. The zero-order valence-corrected chi connectivity index (χ0v) is 13.4. The predicted octanol–water partition coefficient (Wildman–Crippen LogP) is 2.07. The average molecular weight is 268 g/mol. The van der Waals surface area contributed by atoms with Gasteiger partial charge in [0.25, 0.3) is 0 Å². The molecule has 4 heteroatoms. The predicted molar refractivity (Wildman–Crippen MR) is 83.7 cm³/mol. The second kappa shape index (κ2) is 7.73. The van der Waals surface area contributed by atoms with Crippen LogP contribution in [0, 0.1) is 5.92 Å². The molecule has 0 spiro atoms. The minimum atomic E-state index is 0.279. The summed E-state index contributed by atoms with van der Waals surface area (Å²) in [4.78, 5) is 6.70. The fraction of sp³-hybridized carbons (Fsp3) is 0.933. The van der Waals surface area contributed by atoms with Crippen LogP contribution in [0.3, 0.4) is 0 Å². The van der Waals surface area contributed by atoms with Gasteiger partial charge in [-0.2, -0.15) is 0 Å². The lowest BCUT2D eigenvalue weighted by molar-refractivity contribution is 0.0796. The highest BCUT2D eigenvalue weighted by atomic mass is 15.2. The number of guanidine groups is 1. The average Bonchev–Trinajstić information content (AvgIpc) is 2.39. The van der Waals surface area contributed by atoms with Crippen molar-refractivity contribution in [3.63, 3.8) is 0 Å². The van der Waals surface area contributed by atoms with Crippen LogP contribution in [-0.4, -0.2) is 50.6 Å². The molecule has 1 saturated carbocycles. The molecule has 0 radical (unpaired) electrons. The third kappa shape index (κ3) is 4.68. The zero-order valence-electron chi connectivity index (χ0n) is 13.4. The Morgan fingerprint density at radius 3 is 2.63 bits per heavy atom. The number of hydrogen-bond donors (Lipinski definition) is 2. The van der Waals surface area contributed by atoms with E-state index in [9.17, 15) is 0 Å². The van der Waals surface area contributed by atoms with E-state index in [1.165, 1.54) is 25.7 Å². The second-order valence-corrected chi connectivity index (χ2v) is 6.17. The van der Waals surface area contributed by atoms with Gasteiger partial charge in [-0.05, 0) is 39.3 Å². The molecule has 0 amide bonds. The first-order valence-corrected chi connectivity index (χ1v) is 7.66. The minimum absolute atomic E-state index is 0.279. The Hall–Kier alpha value is -0.770. The number of aliphatic imine (C=N–C) groups is 1. The van der Waals surface area contributed by atoms with Gasteiger partial charge in [-0.25, -0.2) is 0 Å². The zero-order chi connectivity index (χ0) is 14.3. The third-order valence-corrected chi connectivity index (χ3v) is 4.37. The first-order valence-electron chi connectivity index (χ1n) is 7.66. The Labute approximate surface area is 119 Å². The van der Waals surface area contributed by atoms with Gasteiger partial charge in [0.2, 0.25) is 0 Å². The largest absolute Gasteiger partial charge is 0.356 e. The fourth-order valence-electron chi connectivity index (χ4n) is 3.07. The molecule has 112 valence electrons. The smallest absolute Gasteiger partial charge is 0.191 e. The molecular weight excluding hydrogens is 236 g/mol. The number of hydrogen-bond acceptors (Lipinski definition) is 2. The van der Waals surface area contributed by atoms with Gasteiger partial charge in [-0.1, -0.05) is 26.7 Å². The number of nitrogens with one attached hydrogen (secondary N) is 2. The Morgan fingerprint density at radius 2 is 2.11 bits per heavy atom. The van der Waals surface area contributed by atoms with E-state index in [1.807, 2.05) is 7.05 Å². The quantitative estimate of drug-likeness (QED) is 0.592. The van der Waals surface area contributed by atoms with Crippen molar-refractivity contribution in [2.24, 2.45) is 10.9 Å². The minimum Gasteiger partial charge on any atom is -0.356 e. The Morgan fingerprint density at radius 1 is 1.37 bits per heavy atom. The van der Waals surface area contributed by atoms with Crippen molar-refractivity contribution in [1.82, 2.24) is 15.5 Å². The van der Waals surface area contributed by atoms with Crippen LogP contribution in [0.4, 0.5) is 0 Å². The highest BCUT2D eigenvalue weighted by molar-refractivity contribution is 5.79. The molecule has 0 saturated heterocycles. The van der Waals surface area contributed by atoms with Gasteiger partial charge in [0, 0.05) is 25.7 Å². The van der Waals surface area contributed by atoms with Crippen LogP contribution in [0.15, 0.2) is 4.99 Å². The van der Waals surface area contributed by atoms with Gasteiger partial charge < -0.3 is 15.5 Å². The number of nitrogens with zero attached hydrogens (tertiary/aromatic N) is 2. The Kier molecular flexibility index (Phi) is 6.63. The van der Waals surface area contributed by atoms with Crippen LogP contribution in [0.5, 0.6) is 0 Å². The maximum atomic E-state index is 4.30. The number of rotatable bonds is 5. The highest BCUT2D eigenvalue weighted by Crippen LogP contribution is 2.35. The monoisotopic (exact) mass is 268 g/mol. The van der Waals surface area contributed by atoms with Crippen LogP contribution in [0.25, 0.3) is 0 Å². The molecular formula is C15H32N4. The van der Waals surface area contributed by atoms with E-state index in [2.05, 4.69) is 48.5 Å². The standard InChI is InChI=1S/C15H32N4/c1-6-10-17-14(16-3)18-12-15(19(4)5)9-7-8-13(2)11-15/h13H,6-12H2,1-5H3,(H2,16,17,18). The summed E-state index contributed by atoms with van der Waals surface area (Å²) in [6, 6.07) is 0. The van der Waals surface area contributed by atoms with Gasteiger partial charge in [0.15, 0.2) is 5.96 Å². The molecule has 1 aliphatic rings. The van der Waals surface area contributed by atoms with Crippen molar-refractivity contribution in [3.8, 4) is 0 Å². The van der Waals surface area contributed by atoms with Crippen LogP contribution in [0.1, 0.15) is 46.0 Å². The van der Waals surface area contributed by atoms with Crippen LogP contribution in [0.2, 0.25) is 0 Å². The van der Waals surface area contributed by atoms with E-state index in [0.717, 1.165) is 31.4 Å². The van der Waals surface area contributed by atoms with E-state index < -0.39 is 0 Å². The molecule has 0 aromatic heterocycles. The van der Waals surface area contributed by atoms with E-state index in [1.54, 1.807) is 0 Å². The lowest BCUT2D eigenvalue weighted by Crippen LogP contribution is -2.56. The Balaban J connectivity index is 2.58. The second-order valence-electron chi connectivity index (χ2n) is 6.17. The fourth-order valence-corrected chi connectivity index (χ4v) is 3.07. The molecule has 1 aliphatic carbocycles. The number of likely N-dealkylation sites (N-methyl/N-ethyl adjacent to an activating group) is 1. The van der Waals surface area contributed by atoms with Crippen molar-refractivity contribution in [2.45, 2.75) is 51.5 Å². The van der Waals surface area contributed by atoms with Crippen molar-refractivity contribution in [2.75, 3.05) is 34.2 Å². The topological polar surface area (TPSA) is 39.7 Å². The van der Waals surface area contributed by atoms with Crippen molar-refractivity contribution in [1.29, 1.82) is 0 Å². The van der Waals surface area contributed by atoms with Gasteiger partial charge in [0.05, 0.1) is 0 Å². The van der Waals surface area contributed by atoms with Crippen molar-refractivity contribution >= 4 is 5.96 Å². The summed E-state index contributed by atoms with van der Waals surface area (Å²) in [5.41, 5.74) is 0.279. The van der Waals surface area contributed by atoms with E-state index in [4.69, 9.17) is 0 Å². The lowest BCUT2D eigenvalue weighted by atomic mass is 9.75. The Bertz CT molecular complexity index is 288. The molecule has 1 rings (SSSR count). The maximum Gasteiger partial charge on any atom is 0.191 e. The molecule has 2 atom stereocenters. The third-order valence-electron chi connectivity index (χ3n) is 4.37. The summed E-state index contributed by atoms with van der Waals surface area (Å²) in [7, 11) is 6.26.